The number of hydrogen-bond acceptors (Lipinski definition) is 19. The average molecular weight is 1400 g/mol. The predicted molar refractivity (Wildman–Crippen MR) is 389 cm³/mol. The molecule has 0 unspecified atom stereocenters. The third-order valence-corrected chi connectivity index (χ3v) is 16.8. The summed E-state index contributed by atoms with van der Waals surface area (Å²) in [6, 6.07) is 28.6. The van der Waals surface area contributed by atoms with Gasteiger partial charge >= 0.3 is 23.9 Å². The van der Waals surface area contributed by atoms with Gasteiger partial charge in [-0.25, -0.2) is 19.2 Å². The third-order valence-electron chi connectivity index (χ3n) is 16.8. The van der Waals surface area contributed by atoms with E-state index in [0.29, 0.717) is 88.2 Å². The van der Waals surface area contributed by atoms with Crippen molar-refractivity contribution in [3.8, 4) is 34.5 Å². The Morgan fingerprint density at radius 1 is 0.287 bits per heavy atom. The summed E-state index contributed by atoms with van der Waals surface area (Å²) in [4.78, 5) is 54.3. The number of hydrogen-bond donors (Lipinski definition) is 0. The Labute approximate surface area is 598 Å². The SMILES string of the molecule is CCOCCOCCOCCOc1cccc2c(OCCOCCOCCOC(=O)COc3c4cc(C(C)(C)C)cc3Cc3cc(C(C)(C)C)cc(c3OCC(=O)OCC)Cc3cc(C(C)(C)C)cc(c3OCC(=O)OCC)Cc3cc(C(C)(C)C)cc(c3OCC(=O)OCC)C4)cccc12. The van der Waals surface area contributed by atoms with Crippen molar-refractivity contribution in [2.75, 3.05) is 132 Å². The second-order valence-corrected chi connectivity index (χ2v) is 28.9. The molecule has 8 bridgehead atoms. The highest BCUT2D eigenvalue weighted by Crippen LogP contribution is 2.45. The molecule has 6 aromatic rings. The molecule has 101 heavy (non-hydrogen) atoms. The van der Waals surface area contributed by atoms with Crippen molar-refractivity contribution in [2.24, 2.45) is 0 Å². The standard InChI is InChI=1S/C82H110O19/c1-17-87-27-28-88-29-30-89-33-36-95-69-25-21-24-68-67(69)23-22-26-70(68)96-37-34-90-31-32-91-35-38-97-74(86)54-101-78-61-41-59-47-64(80(8,9)10)45-57(76(59)99-52-72(84)93-19-3)39-55-43-63(79(5,6)7)44-56(75(55)98-51-71(83)92-18-2)40-58-46-65(81(11,12)13)48-60(77(58)100-53-73(85)94-20-4)42-62(78)50-66(49-61)82(14,15)16/h21-26,43-50H,17-20,27-42,51-54H2,1-16H3. The third kappa shape index (κ3) is 24.6. The van der Waals surface area contributed by atoms with Crippen molar-refractivity contribution in [3.05, 3.63) is 152 Å². The molecule has 0 amide bonds. The van der Waals surface area contributed by atoms with Gasteiger partial charge in [-0.05, 0) is 128 Å². The molecule has 6 aromatic carbocycles. The molecule has 0 aliphatic heterocycles. The smallest absolute Gasteiger partial charge is 0.344 e. The molecule has 0 spiro atoms. The van der Waals surface area contributed by atoms with E-state index in [4.69, 9.17) is 71.1 Å². The van der Waals surface area contributed by atoms with E-state index in [1.165, 1.54) is 0 Å². The minimum atomic E-state index is -0.615. The van der Waals surface area contributed by atoms with Crippen LogP contribution in [-0.2, 0) is 109 Å². The van der Waals surface area contributed by atoms with Crippen molar-refractivity contribution < 1.29 is 90.2 Å². The van der Waals surface area contributed by atoms with E-state index in [0.717, 1.165) is 83.3 Å². The lowest BCUT2D eigenvalue weighted by Crippen LogP contribution is -2.21. The zero-order valence-electron chi connectivity index (χ0n) is 62.8. The number of carbonyl (C=O) groups is 4. The van der Waals surface area contributed by atoms with Crippen molar-refractivity contribution >= 4 is 34.6 Å². The Morgan fingerprint density at radius 2 is 0.525 bits per heavy atom. The number of ether oxygens (including phenoxy) is 15. The van der Waals surface area contributed by atoms with Gasteiger partial charge in [-0.3, -0.25) is 0 Å². The Balaban J connectivity index is 1.18. The number of benzene rings is 6. The van der Waals surface area contributed by atoms with Crippen LogP contribution in [-0.4, -0.2) is 156 Å². The van der Waals surface area contributed by atoms with Crippen LogP contribution in [0.2, 0.25) is 0 Å². The normalized spacial score (nSPS) is 12.6. The quantitative estimate of drug-likeness (QED) is 0.0203. The molecule has 0 N–H and O–H groups in total. The molecular weight excluding hydrogens is 1290 g/mol. The zero-order valence-corrected chi connectivity index (χ0v) is 62.8. The molecule has 1 aliphatic carbocycles. The van der Waals surface area contributed by atoms with Crippen LogP contribution in [0.4, 0.5) is 0 Å². The Hall–Kier alpha value is -7.94. The highest BCUT2D eigenvalue weighted by molar-refractivity contribution is 5.93. The molecule has 0 saturated carbocycles. The van der Waals surface area contributed by atoms with Gasteiger partial charge in [-0.2, -0.15) is 0 Å². The molecule has 552 valence electrons. The Morgan fingerprint density at radius 3 is 0.772 bits per heavy atom. The molecule has 19 heteroatoms. The van der Waals surface area contributed by atoms with E-state index >= 15 is 0 Å². The van der Waals surface area contributed by atoms with E-state index in [-0.39, 0.29) is 97.2 Å². The number of fused-ring (bicyclic) bond motifs is 9. The Kier molecular flexibility index (Phi) is 30.5. The van der Waals surface area contributed by atoms with Gasteiger partial charge in [-0.15, -0.1) is 0 Å². The van der Waals surface area contributed by atoms with Gasteiger partial charge in [0.15, 0.2) is 26.4 Å². The summed E-state index contributed by atoms with van der Waals surface area (Å²) in [5, 5.41) is 1.84. The first-order valence-electron chi connectivity index (χ1n) is 35.6. The van der Waals surface area contributed by atoms with Gasteiger partial charge in [0.2, 0.25) is 0 Å². The van der Waals surface area contributed by atoms with E-state index < -0.39 is 46.7 Å². The minimum Gasteiger partial charge on any atom is -0.491 e. The van der Waals surface area contributed by atoms with Gasteiger partial charge in [0, 0.05) is 43.1 Å². The molecule has 19 nitrogen and oxygen atoms in total. The summed E-state index contributed by atoms with van der Waals surface area (Å²) in [6.45, 7) is 36.6. The Bertz CT molecular complexity index is 3550. The number of rotatable bonds is 36. The summed E-state index contributed by atoms with van der Waals surface area (Å²) in [7, 11) is 0. The van der Waals surface area contributed by atoms with Crippen LogP contribution < -0.4 is 28.4 Å². The first kappa shape index (κ1) is 80.4. The molecule has 1 aliphatic rings. The van der Waals surface area contributed by atoms with Gasteiger partial charge in [0.05, 0.1) is 79.3 Å². The number of esters is 4. The topological polar surface area (TPSA) is 207 Å². The van der Waals surface area contributed by atoms with E-state index in [1.807, 2.05) is 43.3 Å². The van der Waals surface area contributed by atoms with Crippen LogP contribution in [0, 0.1) is 0 Å². The largest absolute Gasteiger partial charge is 0.491 e. The molecule has 0 saturated heterocycles. The van der Waals surface area contributed by atoms with E-state index in [1.54, 1.807) is 20.8 Å². The maximum atomic E-state index is 14.0. The molecular formula is C82H110O19. The summed E-state index contributed by atoms with van der Waals surface area (Å²) in [5.41, 5.74) is 8.36. The monoisotopic (exact) mass is 1400 g/mol. The van der Waals surface area contributed by atoms with E-state index in [9.17, 15) is 19.2 Å². The highest BCUT2D eigenvalue weighted by Gasteiger charge is 2.31. The molecule has 0 atom stereocenters. The van der Waals surface area contributed by atoms with E-state index in [2.05, 4.69) is 132 Å². The summed E-state index contributed by atoms with van der Waals surface area (Å²) in [6.07, 6.45) is 0.883. The van der Waals surface area contributed by atoms with Crippen LogP contribution in [0.25, 0.3) is 10.8 Å². The van der Waals surface area contributed by atoms with Crippen LogP contribution in [0.1, 0.15) is 178 Å². The van der Waals surface area contributed by atoms with Crippen LogP contribution in [0.3, 0.4) is 0 Å². The number of carbonyl (C=O) groups excluding carboxylic acids is 4. The van der Waals surface area contributed by atoms with Gasteiger partial charge < -0.3 is 71.1 Å². The van der Waals surface area contributed by atoms with Crippen LogP contribution >= 0.6 is 0 Å². The second-order valence-electron chi connectivity index (χ2n) is 28.9. The zero-order chi connectivity index (χ0) is 73.3. The van der Waals surface area contributed by atoms with Crippen molar-refractivity contribution in [1.82, 2.24) is 0 Å². The lowest BCUT2D eigenvalue weighted by atomic mass is 9.79. The van der Waals surface area contributed by atoms with Crippen LogP contribution in [0.5, 0.6) is 34.5 Å². The van der Waals surface area contributed by atoms with Crippen molar-refractivity contribution in [2.45, 2.75) is 158 Å². The maximum Gasteiger partial charge on any atom is 0.344 e. The molecule has 0 aromatic heterocycles. The first-order chi connectivity index (χ1) is 48.1. The average Bonchev–Trinajstić information content (AvgIpc) is 0.766. The van der Waals surface area contributed by atoms with Gasteiger partial charge in [0.1, 0.15) is 54.3 Å². The summed E-state index contributed by atoms with van der Waals surface area (Å²) >= 11 is 0. The van der Waals surface area contributed by atoms with Crippen LogP contribution in [0.15, 0.2) is 84.9 Å². The molecule has 7 rings (SSSR count). The predicted octanol–water partition coefficient (Wildman–Crippen LogP) is 14.0. The fraction of sp³-hybridized carbons (Fsp3) is 0.537. The summed E-state index contributed by atoms with van der Waals surface area (Å²) in [5.74, 6) is 1.06. The maximum absolute atomic E-state index is 14.0. The fourth-order valence-electron chi connectivity index (χ4n) is 11.6. The molecule has 0 fully saturated rings. The fourth-order valence-corrected chi connectivity index (χ4v) is 11.6. The van der Waals surface area contributed by atoms with Gasteiger partial charge in [0.25, 0.3) is 0 Å². The minimum absolute atomic E-state index is 0.0416. The van der Waals surface area contributed by atoms with Gasteiger partial charge in [-0.1, -0.05) is 156 Å². The second kappa shape index (κ2) is 38.4. The summed E-state index contributed by atoms with van der Waals surface area (Å²) < 4.78 is 89.8. The first-order valence-corrected chi connectivity index (χ1v) is 35.6. The molecule has 0 radical (unpaired) electrons. The molecule has 0 heterocycles. The highest BCUT2D eigenvalue weighted by atomic mass is 16.6. The lowest BCUT2D eigenvalue weighted by Gasteiger charge is -2.29. The van der Waals surface area contributed by atoms with Crippen molar-refractivity contribution in [3.63, 3.8) is 0 Å². The van der Waals surface area contributed by atoms with Crippen molar-refractivity contribution in [1.29, 1.82) is 0 Å². The lowest BCUT2D eigenvalue weighted by molar-refractivity contribution is -0.148.